The summed E-state index contributed by atoms with van der Waals surface area (Å²) in [6.07, 6.45) is 2.75. The van der Waals surface area contributed by atoms with Crippen LogP contribution in [0.2, 0.25) is 0 Å². The maximum atomic E-state index is 11.2. The van der Waals surface area contributed by atoms with Crippen molar-refractivity contribution in [2.75, 3.05) is 23.7 Å². The number of amides is 2. The molecule has 2 N–H and O–H groups in total. The van der Waals surface area contributed by atoms with Crippen LogP contribution < -0.4 is 10.6 Å². The highest BCUT2D eigenvalue weighted by atomic mass is 16.1. The van der Waals surface area contributed by atoms with Crippen LogP contribution >= 0.6 is 0 Å². The van der Waals surface area contributed by atoms with Crippen LogP contribution in [-0.2, 0) is 9.59 Å². The predicted molar refractivity (Wildman–Crippen MR) is 75.0 cm³/mol. The average molecular weight is 261 g/mol. The molecule has 5 heteroatoms. The summed E-state index contributed by atoms with van der Waals surface area (Å²) < 4.78 is 0. The van der Waals surface area contributed by atoms with Gasteiger partial charge in [-0.3, -0.25) is 9.59 Å². The summed E-state index contributed by atoms with van der Waals surface area (Å²) in [5.74, 6) is -0.0787. The van der Waals surface area contributed by atoms with E-state index >= 15 is 0 Å². The summed E-state index contributed by atoms with van der Waals surface area (Å²) in [5, 5.41) is 6.26. The van der Waals surface area contributed by atoms with Gasteiger partial charge in [0.15, 0.2) is 0 Å². The third-order valence-corrected chi connectivity index (χ3v) is 3.28. The van der Waals surface area contributed by atoms with E-state index in [1.165, 1.54) is 6.92 Å². The van der Waals surface area contributed by atoms with E-state index in [9.17, 15) is 9.59 Å². The summed E-state index contributed by atoms with van der Waals surface area (Å²) in [6.45, 7) is 3.06. The number of piperidine rings is 1. The third-order valence-electron chi connectivity index (χ3n) is 3.28. The van der Waals surface area contributed by atoms with Gasteiger partial charge in [0.1, 0.15) is 0 Å². The van der Waals surface area contributed by atoms with E-state index in [1.54, 1.807) is 4.90 Å². The summed E-state index contributed by atoms with van der Waals surface area (Å²) in [6, 6.07) is 8.01. The molecule has 1 saturated heterocycles. The third kappa shape index (κ3) is 3.71. The molecule has 2 rings (SSSR count). The number of nitrogens with one attached hydrogen (secondary N) is 2. The van der Waals surface area contributed by atoms with Gasteiger partial charge in [0.05, 0.1) is 11.4 Å². The molecule has 0 bridgehead atoms. The lowest BCUT2D eigenvalue weighted by Gasteiger charge is -2.30. The van der Waals surface area contributed by atoms with Crippen molar-refractivity contribution >= 4 is 23.7 Å². The lowest BCUT2D eigenvalue weighted by atomic mass is 10.0. The van der Waals surface area contributed by atoms with Gasteiger partial charge in [0, 0.05) is 26.1 Å². The zero-order valence-corrected chi connectivity index (χ0v) is 11.1. The van der Waals surface area contributed by atoms with Crippen molar-refractivity contribution in [1.29, 1.82) is 0 Å². The van der Waals surface area contributed by atoms with Gasteiger partial charge in [-0.05, 0) is 25.0 Å². The van der Waals surface area contributed by atoms with Gasteiger partial charge in [-0.15, -0.1) is 0 Å². The number of para-hydroxylation sites is 2. The Kier molecular flexibility index (Phi) is 4.39. The molecule has 0 spiro atoms. The van der Waals surface area contributed by atoms with Crippen LogP contribution in [0, 0.1) is 0 Å². The summed E-state index contributed by atoms with van der Waals surface area (Å²) in [5.41, 5.74) is 1.73. The van der Waals surface area contributed by atoms with Crippen molar-refractivity contribution in [2.45, 2.75) is 25.8 Å². The normalized spacial score (nSPS) is 15.9. The monoisotopic (exact) mass is 261 g/mol. The number of rotatable bonds is 4. The molecule has 1 aliphatic rings. The molecule has 0 aromatic heterocycles. The fourth-order valence-electron chi connectivity index (χ4n) is 2.28. The second kappa shape index (κ2) is 6.22. The van der Waals surface area contributed by atoms with E-state index in [0.717, 1.165) is 43.7 Å². The van der Waals surface area contributed by atoms with E-state index in [-0.39, 0.29) is 5.91 Å². The van der Waals surface area contributed by atoms with Crippen LogP contribution in [0.15, 0.2) is 24.3 Å². The summed E-state index contributed by atoms with van der Waals surface area (Å²) in [4.78, 5) is 23.6. The summed E-state index contributed by atoms with van der Waals surface area (Å²) in [7, 11) is 0. The molecule has 0 unspecified atom stereocenters. The first kappa shape index (κ1) is 13.4. The fourth-order valence-corrected chi connectivity index (χ4v) is 2.28. The first-order chi connectivity index (χ1) is 9.19. The Hall–Kier alpha value is -2.04. The van der Waals surface area contributed by atoms with Crippen LogP contribution in [0.5, 0.6) is 0 Å². The number of benzene rings is 1. The number of nitrogens with zero attached hydrogens (tertiary/aromatic N) is 1. The molecule has 5 nitrogen and oxygen atoms in total. The Morgan fingerprint density at radius 2 is 1.89 bits per heavy atom. The smallest absolute Gasteiger partial charge is 0.221 e. The molecule has 0 aliphatic carbocycles. The maximum absolute atomic E-state index is 11.2. The molecule has 1 aromatic carbocycles. The minimum atomic E-state index is -0.0787. The maximum Gasteiger partial charge on any atom is 0.221 e. The molecule has 1 aromatic rings. The fraction of sp³-hybridized carbons (Fsp3) is 0.429. The number of likely N-dealkylation sites (tertiary alicyclic amines) is 1. The minimum absolute atomic E-state index is 0.0787. The van der Waals surface area contributed by atoms with E-state index in [1.807, 2.05) is 24.3 Å². The average Bonchev–Trinajstić information content (AvgIpc) is 2.41. The van der Waals surface area contributed by atoms with Crippen LogP contribution in [0.4, 0.5) is 11.4 Å². The van der Waals surface area contributed by atoms with E-state index in [4.69, 9.17) is 0 Å². The number of hydrogen-bond acceptors (Lipinski definition) is 3. The van der Waals surface area contributed by atoms with E-state index in [0.29, 0.717) is 6.04 Å². The van der Waals surface area contributed by atoms with Crippen molar-refractivity contribution < 1.29 is 9.59 Å². The number of hydrogen-bond donors (Lipinski definition) is 2. The minimum Gasteiger partial charge on any atom is -0.380 e. The highest BCUT2D eigenvalue weighted by Crippen LogP contribution is 2.24. The number of carbonyl (C=O) groups is 2. The van der Waals surface area contributed by atoms with Gasteiger partial charge in [0.2, 0.25) is 12.3 Å². The van der Waals surface area contributed by atoms with E-state index < -0.39 is 0 Å². The number of anilines is 2. The van der Waals surface area contributed by atoms with Crippen molar-refractivity contribution in [2.24, 2.45) is 0 Å². The Morgan fingerprint density at radius 1 is 1.26 bits per heavy atom. The Labute approximate surface area is 113 Å². The molecule has 1 aliphatic heterocycles. The highest BCUT2D eigenvalue weighted by molar-refractivity contribution is 5.92. The molecule has 0 radical (unpaired) electrons. The Balaban J connectivity index is 1.99. The van der Waals surface area contributed by atoms with Crippen LogP contribution in [0.1, 0.15) is 19.8 Å². The van der Waals surface area contributed by atoms with Gasteiger partial charge in [-0.2, -0.15) is 0 Å². The standard InChI is InChI=1S/C14H19N3O2/c1-11(19)15-13-4-2-3-5-14(13)16-12-6-8-17(10-18)9-7-12/h2-5,10,12,16H,6-9H2,1H3,(H,15,19). The van der Waals surface area contributed by atoms with Crippen LogP contribution in [0.3, 0.4) is 0 Å². The second-order valence-corrected chi connectivity index (χ2v) is 4.79. The lowest BCUT2D eigenvalue weighted by Crippen LogP contribution is -2.38. The Morgan fingerprint density at radius 3 is 2.47 bits per heavy atom. The molecule has 0 atom stereocenters. The SMILES string of the molecule is CC(=O)Nc1ccccc1NC1CCN(C=O)CC1. The second-order valence-electron chi connectivity index (χ2n) is 4.79. The van der Waals surface area contributed by atoms with Gasteiger partial charge < -0.3 is 15.5 Å². The van der Waals surface area contributed by atoms with Crippen molar-refractivity contribution in [1.82, 2.24) is 4.90 Å². The lowest BCUT2D eigenvalue weighted by molar-refractivity contribution is -0.119. The quantitative estimate of drug-likeness (QED) is 0.811. The topological polar surface area (TPSA) is 61.4 Å². The van der Waals surface area contributed by atoms with Gasteiger partial charge in [-0.25, -0.2) is 0 Å². The summed E-state index contributed by atoms with van der Waals surface area (Å²) >= 11 is 0. The van der Waals surface area contributed by atoms with Crippen molar-refractivity contribution in [3.05, 3.63) is 24.3 Å². The van der Waals surface area contributed by atoms with Crippen LogP contribution in [-0.4, -0.2) is 36.3 Å². The van der Waals surface area contributed by atoms with Crippen LogP contribution in [0.25, 0.3) is 0 Å². The molecular weight excluding hydrogens is 242 g/mol. The van der Waals surface area contributed by atoms with Gasteiger partial charge in [0.25, 0.3) is 0 Å². The zero-order valence-electron chi connectivity index (χ0n) is 11.1. The molecule has 1 fully saturated rings. The van der Waals surface area contributed by atoms with E-state index in [2.05, 4.69) is 10.6 Å². The van der Waals surface area contributed by atoms with Crippen molar-refractivity contribution in [3.63, 3.8) is 0 Å². The van der Waals surface area contributed by atoms with Gasteiger partial charge >= 0.3 is 0 Å². The largest absolute Gasteiger partial charge is 0.380 e. The molecule has 0 saturated carbocycles. The molecule has 19 heavy (non-hydrogen) atoms. The molecular formula is C14H19N3O2. The predicted octanol–water partition coefficient (Wildman–Crippen LogP) is 1.68. The Bertz CT molecular complexity index is 454. The first-order valence-electron chi connectivity index (χ1n) is 6.51. The zero-order chi connectivity index (χ0) is 13.7. The van der Waals surface area contributed by atoms with Crippen molar-refractivity contribution in [3.8, 4) is 0 Å². The highest BCUT2D eigenvalue weighted by Gasteiger charge is 2.18. The van der Waals surface area contributed by atoms with Gasteiger partial charge in [-0.1, -0.05) is 12.1 Å². The molecule has 2 amide bonds. The molecule has 1 heterocycles. The molecule has 102 valence electrons. The number of carbonyl (C=O) groups excluding carboxylic acids is 2. The first-order valence-corrected chi connectivity index (χ1v) is 6.51.